The van der Waals surface area contributed by atoms with Crippen molar-refractivity contribution in [1.82, 2.24) is 5.32 Å². The number of nitrogens with one attached hydrogen (secondary N) is 1. The molecule has 0 heterocycles. The third kappa shape index (κ3) is 4.59. The lowest BCUT2D eigenvalue weighted by atomic mass is 10.1. The van der Waals surface area contributed by atoms with Gasteiger partial charge in [0.05, 0.1) is 29.3 Å². The summed E-state index contributed by atoms with van der Waals surface area (Å²) in [6.07, 6.45) is 0. The molecule has 114 valence electrons. The average molecular weight is 305 g/mol. The molecule has 0 saturated carbocycles. The van der Waals surface area contributed by atoms with E-state index in [1.54, 1.807) is 36.4 Å². The molecule has 5 heteroatoms. The van der Waals surface area contributed by atoms with Crippen molar-refractivity contribution >= 4 is 5.91 Å². The highest BCUT2D eigenvalue weighted by Gasteiger charge is 2.10. The molecule has 0 saturated heterocycles. The summed E-state index contributed by atoms with van der Waals surface area (Å²) in [5.41, 5.74) is 2.03. The van der Waals surface area contributed by atoms with E-state index in [1.165, 1.54) is 0 Å². The third-order valence-corrected chi connectivity index (χ3v) is 3.27. The largest absolute Gasteiger partial charge is 0.484 e. The first-order valence-electron chi connectivity index (χ1n) is 7.05. The van der Waals surface area contributed by atoms with Gasteiger partial charge in [-0.25, -0.2) is 0 Å². The van der Waals surface area contributed by atoms with Gasteiger partial charge in [-0.15, -0.1) is 0 Å². The Morgan fingerprint density at radius 2 is 1.57 bits per heavy atom. The van der Waals surface area contributed by atoms with Crippen molar-refractivity contribution in [3.05, 3.63) is 65.2 Å². The summed E-state index contributed by atoms with van der Waals surface area (Å²) in [6.45, 7) is 1.76. The average Bonchev–Trinajstić information content (AvgIpc) is 2.60. The van der Waals surface area contributed by atoms with E-state index in [2.05, 4.69) is 11.4 Å². The van der Waals surface area contributed by atoms with Gasteiger partial charge in [0, 0.05) is 0 Å². The van der Waals surface area contributed by atoms with Crippen molar-refractivity contribution in [2.24, 2.45) is 0 Å². The van der Waals surface area contributed by atoms with E-state index in [-0.39, 0.29) is 18.6 Å². The lowest BCUT2D eigenvalue weighted by Crippen LogP contribution is -2.31. The van der Waals surface area contributed by atoms with Gasteiger partial charge in [0.25, 0.3) is 5.91 Å². The molecule has 0 aliphatic heterocycles. The van der Waals surface area contributed by atoms with Gasteiger partial charge >= 0.3 is 0 Å². The Kier molecular flexibility index (Phi) is 5.33. The van der Waals surface area contributed by atoms with Crippen LogP contribution in [0.3, 0.4) is 0 Å². The minimum absolute atomic E-state index is 0.105. The van der Waals surface area contributed by atoms with Crippen LogP contribution in [0.5, 0.6) is 5.75 Å². The fourth-order valence-electron chi connectivity index (χ4n) is 1.99. The zero-order chi connectivity index (χ0) is 16.7. The molecule has 0 fully saturated rings. The molecule has 2 aromatic rings. The molecule has 0 aliphatic carbocycles. The maximum Gasteiger partial charge on any atom is 0.258 e. The van der Waals surface area contributed by atoms with E-state index in [0.717, 1.165) is 5.56 Å². The summed E-state index contributed by atoms with van der Waals surface area (Å²) in [7, 11) is 0. The molecule has 2 rings (SSSR count). The Hall–Kier alpha value is -3.31. The van der Waals surface area contributed by atoms with Gasteiger partial charge in [0.1, 0.15) is 5.75 Å². The van der Waals surface area contributed by atoms with Crippen molar-refractivity contribution in [3.63, 3.8) is 0 Å². The number of benzene rings is 2. The van der Waals surface area contributed by atoms with E-state index < -0.39 is 0 Å². The molecule has 1 N–H and O–H groups in total. The smallest absolute Gasteiger partial charge is 0.258 e. The second kappa shape index (κ2) is 7.63. The van der Waals surface area contributed by atoms with Crippen LogP contribution in [-0.2, 0) is 4.79 Å². The Morgan fingerprint density at radius 3 is 2.09 bits per heavy atom. The van der Waals surface area contributed by atoms with Gasteiger partial charge in [-0.2, -0.15) is 10.5 Å². The minimum Gasteiger partial charge on any atom is -0.484 e. The molecule has 23 heavy (non-hydrogen) atoms. The first-order chi connectivity index (χ1) is 11.1. The lowest BCUT2D eigenvalue weighted by molar-refractivity contribution is -0.123. The first kappa shape index (κ1) is 16.1. The fourth-order valence-corrected chi connectivity index (χ4v) is 1.99. The molecule has 1 atom stereocenters. The van der Waals surface area contributed by atoms with Gasteiger partial charge in [-0.3, -0.25) is 4.79 Å². The van der Waals surface area contributed by atoms with Crippen molar-refractivity contribution in [2.45, 2.75) is 13.0 Å². The zero-order valence-corrected chi connectivity index (χ0v) is 12.6. The van der Waals surface area contributed by atoms with Gasteiger partial charge in [-0.05, 0) is 48.9 Å². The van der Waals surface area contributed by atoms with Crippen LogP contribution in [-0.4, -0.2) is 12.5 Å². The summed E-state index contributed by atoms with van der Waals surface area (Å²) >= 11 is 0. The van der Waals surface area contributed by atoms with E-state index in [1.807, 2.05) is 25.1 Å². The maximum absolute atomic E-state index is 11.9. The number of amides is 1. The van der Waals surface area contributed by atoms with Crippen LogP contribution in [0.1, 0.15) is 29.7 Å². The number of rotatable bonds is 5. The number of carbonyl (C=O) groups excluding carboxylic acids is 1. The predicted molar refractivity (Wildman–Crippen MR) is 84.4 cm³/mol. The van der Waals surface area contributed by atoms with Crippen LogP contribution in [0, 0.1) is 22.7 Å². The van der Waals surface area contributed by atoms with Crippen LogP contribution < -0.4 is 10.1 Å². The summed E-state index contributed by atoms with van der Waals surface area (Å²) in [5.74, 6) is 0.288. The quantitative estimate of drug-likeness (QED) is 0.920. The molecule has 0 aliphatic rings. The first-order valence-corrected chi connectivity index (χ1v) is 7.05. The molecule has 0 aromatic heterocycles. The van der Waals surface area contributed by atoms with Gasteiger partial charge in [-0.1, -0.05) is 12.1 Å². The molecule has 5 nitrogen and oxygen atoms in total. The summed E-state index contributed by atoms with van der Waals surface area (Å²) in [6, 6.07) is 17.5. The molecule has 0 spiro atoms. The third-order valence-electron chi connectivity index (χ3n) is 3.27. The Bertz CT molecular complexity index is 753. The summed E-state index contributed by atoms with van der Waals surface area (Å²) < 4.78 is 5.38. The van der Waals surface area contributed by atoms with Crippen LogP contribution in [0.15, 0.2) is 48.5 Å². The Morgan fingerprint density at radius 1 is 1.04 bits per heavy atom. The molecule has 0 radical (unpaired) electrons. The number of nitriles is 2. The van der Waals surface area contributed by atoms with E-state index in [9.17, 15) is 4.79 Å². The zero-order valence-electron chi connectivity index (χ0n) is 12.6. The minimum atomic E-state index is -0.244. The second-order valence-electron chi connectivity index (χ2n) is 4.95. The van der Waals surface area contributed by atoms with Crippen molar-refractivity contribution in [1.29, 1.82) is 10.5 Å². The highest BCUT2D eigenvalue weighted by atomic mass is 16.5. The fraction of sp³-hybridized carbons (Fsp3) is 0.167. The van der Waals surface area contributed by atoms with Crippen LogP contribution in [0.4, 0.5) is 0 Å². The van der Waals surface area contributed by atoms with Gasteiger partial charge in [0.15, 0.2) is 6.61 Å². The molecule has 2 aromatic carbocycles. The predicted octanol–water partition coefficient (Wildman–Crippen LogP) is 2.69. The molecule has 0 bridgehead atoms. The van der Waals surface area contributed by atoms with E-state index in [0.29, 0.717) is 16.9 Å². The van der Waals surface area contributed by atoms with Gasteiger partial charge in [0.2, 0.25) is 0 Å². The Labute approximate surface area is 134 Å². The number of hydrogen-bond acceptors (Lipinski definition) is 4. The lowest BCUT2D eigenvalue weighted by Gasteiger charge is -2.14. The van der Waals surface area contributed by atoms with Crippen LogP contribution in [0.2, 0.25) is 0 Å². The molecule has 1 amide bonds. The van der Waals surface area contributed by atoms with Crippen molar-refractivity contribution in [3.8, 4) is 17.9 Å². The maximum atomic E-state index is 11.9. The number of nitrogens with zero attached hydrogens (tertiary/aromatic N) is 2. The summed E-state index contributed by atoms with van der Waals surface area (Å²) in [4.78, 5) is 11.9. The van der Waals surface area contributed by atoms with Crippen LogP contribution in [0.25, 0.3) is 0 Å². The Balaban J connectivity index is 1.85. The molecular weight excluding hydrogens is 290 g/mol. The number of ether oxygens (including phenoxy) is 1. The van der Waals surface area contributed by atoms with Gasteiger partial charge < -0.3 is 10.1 Å². The highest BCUT2D eigenvalue weighted by Crippen LogP contribution is 2.14. The molecule has 1 unspecified atom stereocenters. The number of hydrogen-bond donors (Lipinski definition) is 1. The van der Waals surface area contributed by atoms with Crippen molar-refractivity contribution < 1.29 is 9.53 Å². The van der Waals surface area contributed by atoms with Crippen LogP contribution >= 0.6 is 0 Å². The van der Waals surface area contributed by atoms with Crippen molar-refractivity contribution in [2.75, 3.05) is 6.61 Å². The molecular formula is C18H15N3O2. The number of carbonyl (C=O) groups is 1. The van der Waals surface area contributed by atoms with E-state index in [4.69, 9.17) is 15.3 Å². The second-order valence-corrected chi connectivity index (χ2v) is 4.95. The topological polar surface area (TPSA) is 85.9 Å². The monoisotopic (exact) mass is 305 g/mol. The standard InChI is InChI=1S/C18H15N3O2/c1-13(16-6-2-14(10-19)3-7-16)21-18(22)12-23-17-8-4-15(11-20)5-9-17/h2-9,13H,12H2,1H3,(H,21,22). The normalized spacial score (nSPS) is 10.9. The van der Waals surface area contributed by atoms with E-state index >= 15 is 0 Å². The highest BCUT2D eigenvalue weighted by molar-refractivity contribution is 5.78. The summed E-state index contributed by atoms with van der Waals surface area (Å²) in [5, 5.41) is 20.3. The SMILES string of the molecule is CC(NC(=O)COc1ccc(C#N)cc1)c1ccc(C#N)cc1.